The lowest BCUT2D eigenvalue weighted by molar-refractivity contribution is -0.382. The van der Waals surface area contributed by atoms with Crippen LogP contribution in [0.3, 0.4) is 0 Å². The zero-order valence-corrected chi connectivity index (χ0v) is 11.6. The fraction of sp³-hybridized carbons (Fsp3) is 0.500. The molecule has 1 aromatic carbocycles. The van der Waals surface area contributed by atoms with Gasteiger partial charge in [-0.1, -0.05) is 11.6 Å². The van der Waals surface area contributed by atoms with Crippen molar-refractivity contribution in [2.45, 2.75) is 32.2 Å². The van der Waals surface area contributed by atoms with Crippen LogP contribution in [0.15, 0.2) is 10.7 Å². The molecule has 2 aromatic rings. The van der Waals surface area contributed by atoms with Gasteiger partial charge in [0.15, 0.2) is 5.52 Å². The van der Waals surface area contributed by atoms with Crippen LogP contribution >= 0.6 is 11.6 Å². The van der Waals surface area contributed by atoms with Gasteiger partial charge in [0.2, 0.25) is 5.52 Å². The van der Waals surface area contributed by atoms with Crippen LogP contribution in [0.1, 0.15) is 26.2 Å². The second kappa shape index (κ2) is 4.90. The summed E-state index contributed by atoms with van der Waals surface area (Å²) in [6.07, 6.45) is 3.14. The molecule has 1 atom stereocenters. The molecule has 1 unspecified atom stereocenters. The van der Waals surface area contributed by atoms with Crippen LogP contribution in [0.2, 0.25) is 5.02 Å². The van der Waals surface area contributed by atoms with Crippen LogP contribution in [0.4, 0.5) is 11.4 Å². The normalized spacial score (nSPS) is 19.5. The summed E-state index contributed by atoms with van der Waals surface area (Å²) in [6.45, 7) is 2.83. The molecule has 2 heterocycles. The maximum absolute atomic E-state index is 11.4. The molecule has 20 heavy (non-hydrogen) atoms. The molecule has 1 aromatic heterocycles. The molecule has 1 saturated heterocycles. The lowest BCUT2D eigenvalue weighted by Crippen LogP contribution is -2.37. The number of hydrogen-bond donors (Lipinski definition) is 0. The molecule has 0 N–H and O–H groups in total. The van der Waals surface area contributed by atoms with Crippen molar-refractivity contribution < 1.29 is 9.55 Å². The lowest BCUT2D eigenvalue weighted by atomic mass is 10.0. The summed E-state index contributed by atoms with van der Waals surface area (Å²) < 4.78 is 4.60. The Morgan fingerprint density at radius 1 is 1.45 bits per heavy atom. The van der Waals surface area contributed by atoms with Crippen LogP contribution in [0, 0.1) is 10.1 Å². The fourth-order valence-electron chi connectivity index (χ4n) is 2.73. The van der Waals surface area contributed by atoms with Crippen molar-refractivity contribution in [3.63, 3.8) is 0 Å². The van der Waals surface area contributed by atoms with E-state index in [0.29, 0.717) is 10.7 Å². The minimum atomic E-state index is -0.445. The van der Waals surface area contributed by atoms with Gasteiger partial charge in [0.05, 0.1) is 9.95 Å². The summed E-state index contributed by atoms with van der Waals surface area (Å²) in [6, 6.07) is 1.82. The van der Waals surface area contributed by atoms with E-state index in [-0.39, 0.29) is 22.8 Å². The van der Waals surface area contributed by atoms with Crippen molar-refractivity contribution in [3.05, 3.63) is 21.2 Å². The van der Waals surface area contributed by atoms with Gasteiger partial charge in [0.25, 0.3) is 0 Å². The molecule has 1 fully saturated rings. The van der Waals surface area contributed by atoms with Gasteiger partial charge in [-0.3, -0.25) is 10.1 Å². The minimum Gasteiger partial charge on any atom is -0.363 e. The average Bonchev–Trinajstić information content (AvgIpc) is 2.88. The highest BCUT2D eigenvalue weighted by Crippen LogP contribution is 2.40. The monoisotopic (exact) mass is 296 g/mol. The maximum atomic E-state index is 11.4. The molecule has 0 aliphatic carbocycles. The Kier molecular flexibility index (Phi) is 3.21. The minimum absolute atomic E-state index is 0.0839. The fourth-order valence-corrected chi connectivity index (χ4v) is 2.96. The zero-order valence-electron chi connectivity index (χ0n) is 10.9. The first kappa shape index (κ1) is 13.1. The Hall–Kier alpha value is -1.89. The van der Waals surface area contributed by atoms with Crippen LogP contribution < -0.4 is 4.90 Å². The van der Waals surface area contributed by atoms with Crippen LogP contribution in [-0.2, 0) is 0 Å². The summed E-state index contributed by atoms with van der Waals surface area (Å²) >= 11 is 6.14. The molecule has 7 nitrogen and oxygen atoms in total. The predicted molar refractivity (Wildman–Crippen MR) is 74.1 cm³/mol. The van der Waals surface area contributed by atoms with Gasteiger partial charge in [0.1, 0.15) is 5.69 Å². The van der Waals surface area contributed by atoms with Crippen LogP contribution in [0.25, 0.3) is 11.0 Å². The Labute approximate surface area is 119 Å². The molecular weight excluding hydrogens is 284 g/mol. The first-order chi connectivity index (χ1) is 9.59. The lowest BCUT2D eigenvalue weighted by Gasteiger charge is -2.34. The largest absolute Gasteiger partial charge is 0.363 e. The number of halogens is 1. The molecule has 8 heteroatoms. The van der Waals surface area contributed by atoms with Gasteiger partial charge in [0, 0.05) is 12.6 Å². The molecule has 3 rings (SSSR count). The summed E-state index contributed by atoms with van der Waals surface area (Å²) in [5.74, 6) is 0. The van der Waals surface area contributed by atoms with E-state index in [0.717, 1.165) is 25.8 Å². The van der Waals surface area contributed by atoms with Gasteiger partial charge >= 0.3 is 5.69 Å². The SMILES string of the molecule is CC1CCCCN1c1cc(Cl)c2nonc2c1[N+](=O)[O-]. The third-order valence-corrected chi connectivity index (χ3v) is 4.03. The number of fused-ring (bicyclic) bond motifs is 1. The molecule has 0 amide bonds. The highest BCUT2D eigenvalue weighted by Gasteiger charge is 2.31. The molecule has 1 aliphatic rings. The highest BCUT2D eigenvalue weighted by atomic mass is 35.5. The van der Waals surface area contributed by atoms with Crippen molar-refractivity contribution in [1.82, 2.24) is 10.3 Å². The standard InChI is InChI=1S/C12H13ClN4O3/c1-7-4-2-3-5-16(7)9-6-8(13)10-11(15-20-14-10)12(9)17(18)19/h6-7H,2-5H2,1H3. The van der Waals surface area contributed by atoms with Gasteiger partial charge in [-0.2, -0.15) is 0 Å². The van der Waals surface area contributed by atoms with E-state index >= 15 is 0 Å². The number of piperidine rings is 1. The number of nitro benzene ring substituents is 1. The van der Waals surface area contributed by atoms with E-state index in [1.165, 1.54) is 0 Å². The van der Waals surface area contributed by atoms with Crippen LogP contribution in [-0.4, -0.2) is 27.8 Å². The number of rotatable bonds is 2. The zero-order chi connectivity index (χ0) is 14.3. The first-order valence-corrected chi connectivity index (χ1v) is 6.83. The van der Waals surface area contributed by atoms with Crippen molar-refractivity contribution in [1.29, 1.82) is 0 Å². The number of nitro groups is 1. The predicted octanol–water partition coefficient (Wildman–Crippen LogP) is 3.16. The van der Waals surface area contributed by atoms with Crippen molar-refractivity contribution >= 4 is 34.0 Å². The third kappa shape index (κ3) is 1.98. The van der Waals surface area contributed by atoms with E-state index in [4.69, 9.17) is 11.6 Å². The second-order valence-electron chi connectivity index (χ2n) is 4.98. The van der Waals surface area contributed by atoms with E-state index in [2.05, 4.69) is 21.9 Å². The summed E-state index contributed by atoms with van der Waals surface area (Å²) in [5.41, 5.74) is 0.747. The van der Waals surface area contributed by atoms with Gasteiger partial charge in [-0.25, -0.2) is 4.63 Å². The third-order valence-electron chi connectivity index (χ3n) is 3.74. The molecule has 106 valence electrons. The summed E-state index contributed by atoms with van der Waals surface area (Å²) in [4.78, 5) is 13.0. The number of aromatic nitrogens is 2. The number of anilines is 1. The molecule has 0 saturated carbocycles. The van der Waals surface area contributed by atoms with E-state index in [9.17, 15) is 10.1 Å². The number of nitrogens with zero attached hydrogens (tertiary/aromatic N) is 4. The number of hydrogen-bond acceptors (Lipinski definition) is 6. The van der Waals surface area contributed by atoms with E-state index in [1.54, 1.807) is 6.07 Å². The molecule has 1 aliphatic heterocycles. The van der Waals surface area contributed by atoms with E-state index < -0.39 is 4.92 Å². The van der Waals surface area contributed by atoms with Crippen LogP contribution in [0.5, 0.6) is 0 Å². The Balaban J connectivity index is 2.23. The molecular formula is C12H13ClN4O3. The Morgan fingerprint density at radius 2 is 2.20 bits per heavy atom. The molecule has 0 bridgehead atoms. The molecule has 0 radical (unpaired) electrons. The topological polar surface area (TPSA) is 85.3 Å². The number of benzene rings is 1. The smallest absolute Gasteiger partial charge is 0.323 e. The highest BCUT2D eigenvalue weighted by molar-refractivity contribution is 6.35. The van der Waals surface area contributed by atoms with Crippen molar-refractivity contribution in [2.24, 2.45) is 0 Å². The van der Waals surface area contributed by atoms with Crippen molar-refractivity contribution in [3.8, 4) is 0 Å². The van der Waals surface area contributed by atoms with E-state index in [1.807, 2.05) is 4.90 Å². The molecule has 0 spiro atoms. The van der Waals surface area contributed by atoms with Gasteiger partial charge in [-0.05, 0) is 42.6 Å². The Morgan fingerprint density at radius 3 is 2.90 bits per heavy atom. The van der Waals surface area contributed by atoms with Gasteiger partial charge in [-0.15, -0.1) is 0 Å². The van der Waals surface area contributed by atoms with Crippen molar-refractivity contribution in [2.75, 3.05) is 11.4 Å². The maximum Gasteiger partial charge on any atom is 0.323 e. The Bertz CT molecular complexity index is 672. The first-order valence-electron chi connectivity index (χ1n) is 6.45. The summed E-state index contributed by atoms with van der Waals surface area (Å²) in [7, 11) is 0. The second-order valence-corrected chi connectivity index (χ2v) is 5.39. The quantitative estimate of drug-likeness (QED) is 0.625. The summed E-state index contributed by atoms with van der Waals surface area (Å²) in [5, 5.41) is 19.0. The van der Waals surface area contributed by atoms with Gasteiger partial charge < -0.3 is 4.90 Å². The average molecular weight is 297 g/mol.